The highest BCUT2D eigenvalue weighted by molar-refractivity contribution is 9.10. The van der Waals surface area contributed by atoms with Crippen LogP contribution in [0.5, 0.6) is 0 Å². The maximum Gasteiger partial charge on any atom is 0.124 e. The quantitative estimate of drug-likeness (QED) is 0.736. The van der Waals surface area contributed by atoms with E-state index in [1.165, 1.54) is 4.70 Å². The van der Waals surface area contributed by atoms with Crippen LogP contribution in [0.4, 0.5) is 5.69 Å². The second kappa shape index (κ2) is 4.71. The Morgan fingerprint density at radius 1 is 1.11 bits per heavy atom. The molecule has 18 heavy (non-hydrogen) atoms. The van der Waals surface area contributed by atoms with Gasteiger partial charge in [-0.25, -0.2) is 4.98 Å². The van der Waals surface area contributed by atoms with E-state index in [9.17, 15) is 0 Å². The lowest BCUT2D eigenvalue weighted by Crippen LogP contribution is -1.86. The highest BCUT2D eigenvalue weighted by atomic mass is 79.9. The first kappa shape index (κ1) is 11.7. The van der Waals surface area contributed by atoms with Gasteiger partial charge in [0.05, 0.1) is 10.2 Å². The number of thiazole rings is 1. The Bertz CT molecular complexity index is 689. The lowest BCUT2D eigenvalue weighted by Gasteiger charge is -2.00. The third-order valence-electron chi connectivity index (χ3n) is 2.77. The van der Waals surface area contributed by atoms with E-state index in [0.717, 1.165) is 26.2 Å². The van der Waals surface area contributed by atoms with Crippen molar-refractivity contribution in [1.29, 1.82) is 0 Å². The number of hydrogen-bond donors (Lipinski definition) is 1. The van der Waals surface area contributed by atoms with Gasteiger partial charge in [0, 0.05) is 22.8 Å². The van der Waals surface area contributed by atoms with Crippen molar-refractivity contribution in [2.75, 3.05) is 12.4 Å². The highest BCUT2D eigenvalue weighted by Gasteiger charge is 2.06. The molecule has 0 unspecified atom stereocenters. The van der Waals surface area contributed by atoms with Gasteiger partial charge in [-0.1, -0.05) is 15.9 Å². The molecule has 0 aliphatic carbocycles. The smallest absolute Gasteiger partial charge is 0.124 e. The fourth-order valence-electron chi connectivity index (χ4n) is 1.80. The first-order valence-corrected chi connectivity index (χ1v) is 7.21. The van der Waals surface area contributed by atoms with E-state index in [0.29, 0.717) is 0 Å². The molecule has 0 radical (unpaired) electrons. The van der Waals surface area contributed by atoms with Crippen molar-refractivity contribution >= 4 is 43.2 Å². The van der Waals surface area contributed by atoms with Crippen molar-refractivity contribution in [3.05, 3.63) is 46.9 Å². The third kappa shape index (κ3) is 2.13. The second-order valence-electron chi connectivity index (χ2n) is 3.96. The fourth-order valence-corrected chi connectivity index (χ4v) is 3.32. The molecule has 0 spiro atoms. The van der Waals surface area contributed by atoms with Gasteiger partial charge in [0.25, 0.3) is 0 Å². The molecule has 3 rings (SSSR count). The summed E-state index contributed by atoms with van der Waals surface area (Å²) in [5.74, 6) is 0. The van der Waals surface area contributed by atoms with Gasteiger partial charge < -0.3 is 5.32 Å². The number of nitrogens with zero attached hydrogens (tertiary/aromatic N) is 1. The highest BCUT2D eigenvalue weighted by Crippen LogP contribution is 2.32. The first-order valence-electron chi connectivity index (χ1n) is 5.60. The van der Waals surface area contributed by atoms with E-state index < -0.39 is 0 Å². The van der Waals surface area contributed by atoms with Crippen molar-refractivity contribution in [2.24, 2.45) is 0 Å². The Labute approximate surface area is 118 Å². The van der Waals surface area contributed by atoms with Crippen LogP contribution in [-0.2, 0) is 0 Å². The molecule has 0 aliphatic rings. The van der Waals surface area contributed by atoms with Gasteiger partial charge in [-0.2, -0.15) is 0 Å². The Balaban J connectivity index is 2.07. The molecular formula is C14H11BrN2S. The molecule has 2 nitrogen and oxygen atoms in total. The van der Waals surface area contributed by atoms with Crippen molar-refractivity contribution in [3.63, 3.8) is 0 Å². The molecule has 4 heteroatoms. The molecule has 2 aromatic carbocycles. The van der Waals surface area contributed by atoms with Crippen LogP contribution in [0, 0.1) is 0 Å². The maximum atomic E-state index is 4.66. The summed E-state index contributed by atoms with van der Waals surface area (Å²) in [6.45, 7) is 0. The predicted molar refractivity (Wildman–Crippen MR) is 82.3 cm³/mol. The van der Waals surface area contributed by atoms with E-state index in [-0.39, 0.29) is 0 Å². The minimum atomic E-state index is 1.05. The summed E-state index contributed by atoms with van der Waals surface area (Å²) in [5, 5.41) is 4.18. The normalized spacial score (nSPS) is 10.8. The Kier molecular flexibility index (Phi) is 3.06. The average Bonchev–Trinajstić information content (AvgIpc) is 2.81. The standard InChI is InChI=1S/C14H11BrN2S/c1-16-11-5-2-9(3-6-11)14-17-12-7-4-10(15)8-13(12)18-14/h2-8,16H,1H3. The topological polar surface area (TPSA) is 24.9 Å². The van der Waals surface area contributed by atoms with Crippen LogP contribution in [0.3, 0.4) is 0 Å². The number of rotatable bonds is 2. The monoisotopic (exact) mass is 318 g/mol. The zero-order valence-corrected chi connectivity index (χ0v) is 12.2. The summed E-state index contributed by atoms with van der Waals surface area (Å²) in [4.78, 5) is 4.66. The lowest BCUT2D eigenvalue weighted by molar-refractivity contribution is 1.46. The van der Waals surface area contributed by atoms with Crippen LogP contribution < -0.4 is 5.32 Å². The molecule has 0 saturated carbocycles. The summed E-state index contributed by atoms with van der Waals surface area (Å²) < 4.78 is 2.30. The van der Waals surface area contributed by atoms with Crippen molar-refractivity contribution in [2.45, 2.75) is 0 Å². The van der Waals surface area contributed by atoms with Crippen LogP contribution in [0.25, 0.3) is 20.8 Å². The molecule has 0 atom stereocenters. The van der Waals surface area contributed by atoms with Crippen LogP contribution in [0.1, 0.15) is 0 Å². The number of fused-ring (bicyclic) bond motifs is 1. The predicted octanol–water partition coefficient (Wildman–Crippen LogP) is 4.77. The number of benzene rings is 2. The summed E-state index contributed by atoms with van der Waals surface area (Å²) in [7, 11) is 1.92. The minimum Gasteiger partial charge on any atom is -0.388 e. The van der Waals surface area contributed by atoms with Gasteiger partial charge >= 0.3 is 0 Å². The zero-order chi connectivity index (χ0) is 12.5. The lowest BCUT2D eigenvalue weighted by atomic mass is 10.2. The molecule has 0 bridgehead atoms. The number of halogens is 1. The molecule has 0 saturated heterocycles. The van der Waals surface area contributed by atoms with Gasteiger partial charge in [-0.15, -0.1) is 11.3 Å². The van der Waals surface area contributed by atoms with Gasteiger partial charge in [0.1, 0.15) is 5.01 Å². The largest absolute Gasteiger partial charge is 0.388 e. The van der Waals surface area contributed by atoms with Crippen molar-refractivity contribution in [1.82, 2.24) is 4.98 Å². The number of nitrogens with one attached hydrogen (secondary N) is 1. The number of hydrogen-bond acceptors (Lipinski definition) is 3. The number of aromatic nitrogens is 1. The van der Waals surface area contributed by atoms with E-state index in [1.54, 1.807) is 11.3 Å². The summed E-state index contributed by atoms with van der Waals surface area (Å²) >= 11 is 5.20. The van der Waals surface area contributed by atoms with Crippen LogP contribution in [-0.4, -0.2) is 12.0 Å². The minimum absolute atomic E-state index is 1.05. The molecule has 0 aliphatic heterocycles. The molecule has 1 aromatic heterocycles. The molecule has 1 N–H and O–H groups in total. The number of anilines is 1. The Hall–Kier alpha value is -1.39. The molecule has 3 aromatic rings. The maximum absolute atomic E-state index is 4.66. The third-order valence-corrected chi connectivity index (χ3v) is 4.33. The molecule has 0 amide bonds. The van der Waals surface area contributed by atoms with Gasteiger partial charge in [0.15, 0.2) is 0 Å². The molecule has 0 fully saturated rings. The summed E-state index contributed by atoms with van der Waals surface area (Å²) in [6.07, 6.45) is 0. The Morgan fingerprint density at radius 3 is 2.61 bits per heavy atom. The fraction of sp³-hybridized carbons (Fsp3) is 0.0714. The molecular weight excluding hydrogens is 308 g/mol. The van der Waals surface area contributed by atoms with Gasteiger partial charge in [0.2, 0.25) is 0 Å². The summed E-state index contributed by atoms with van der Waals surface area (Å²) in [6, 6.07) is 14.5. The van der Waals surface area contributed by atoms with E-state index in [1.807, 2.05) is 19.2 Å². The summed E-state index contributed by atoms with van der Waals surface area (Å²) in [5.41, 5.74) is 3.32. The van der Waals surface area contributed by atoms with Crippen LogP contribution >= 0.6 is 27.3 Å². The van der Waals surface area contributed by atoms with E-state index >= 15 is 0 Å². The van der Waals surface area contributed by atoms with Crippen molar-refractivity contribution in [3.8, 4) is 10.6 Å². The first-order chi connectivity index (χ1) is 8.76. The average molecular weight is 319 g/mol. The zero-order valence-electron chi connectivity index (χ0n) is 9.77. The van der Waals surface area contributed by atoms with Gasteiger partial charge in [-0.3, -0.25) is 0 Å². The van der Waals surface area contributed by atoms with Gasteiger partial charge in [-0.05, 0) is 42.5 Å². The van der Waals surface area contributed by atoms with Crippen LogP contribution in [0.2, 0.25) is 0 Å². The second-order valence-corrected chi connectivity index (χ2v) is 5.90. The van der Waals surface area contributed by atoms with Crippen LogP contribution in [0.15, 0.2) is 46.9 Å². The van der Waals surface area contributed by atoms with E-state index in [4.69, 9.17) is 0 Å². The Morgan fingerprint density at radius 2 is 1.89 bits per heavy atom. The molecule has 1 heterocycles. The van der Waals surface area contributed by atoms with Crippen molar-refractivity contribution < 1.29 is 0 Å². The SMILES string of the molecule is CNc1ccc(-c2nc3ccc(Br)cc3s2)cc1. The molecule has 90 valence electrons. The van der Waals surface area contributed by atoms with E-state index in [2.05, 4.69) is 56.6 Å².